The van der Waals surface area contributed by atoms with Crippen LogP contribution in [0.15, 0.2) is 41.5 Å². The first kappa shape index (κ1) is 17.7. The highest BCUT2D eigenvalue weighted by Gasteiger charge is 2.41. The average Bonchev–Trinajstić information content (AvgIpc) is 3.37. The number of aliphatic imine (C=N–C) groups is 1. The van der Waals surface area contributed by atoms with Gasteiger partial charge in [0.25, 0.3) is 11.8 Å². The second-order valence-corrected chi connectivity index (χ2v) is 7.34. The Balaban J connectivity index is 1.44. The van der Waals surface area contributed by atoms with Gasteiger partial charge in [-0.05, 0) is 24.3 Å². The van der Waals surface area contributed by atoms with Crippen LogP contribution >= 0.6 is 0 Å². The number of rotatable bonds is 2. The first-order chi connectivity index (χ1) is 13.9. The van der Waals surface area contributed by atoms with Crippen LogP contribution in [-0.2, 0) is 13.6 Å². The lowest BCUT2D eigenvalue weighted by atomic mass is 10.1. The van der Waals surface area contributed by atoms with E-state index in [9.17, 15) is 13.6 Å². The van der Waals surface area contributed by atoms with E-state index in [1.165, 1.54) is 4.90 Å². The highest BCUT2D eigenvalue weighted by atomic mass is 19.3. The van der Waals surface area contributed by atoms with E-state index in [2.05, 4.69) is 20.4 Å². The SMILES string of the molecule is Cn1nc(C(=O)N2CCC(F)(F)C2)c2ccc(NC3=NCc4cccnc43)cc21. The minimum absolute atomic E-state index is 0.0375. The van der Waals surface area contributed by atoms with Gasteiger partial charge in [0.05, 0.1) is 18.6 Å². The second kappa shape index (κ2) is 6.33. The topological polar surface area (TPSA) is 75.4 Å². The molecular formula is C20H18F2N6O. The van der Waals surface area contributed by atoms with Crippen LogP contribution in [0.4, 0.5) is 14.5 Å². The Kier molecular flexibility index (Phi) is 3.87. The van der Waals surface area contributed by atoms with Gasteiger partial charge in [0, 0.05) is 42.8 Å². The number of aromatic nitrogens is 3. The van der Waals surface area contributed by atoms with E-state index < -0.39 is 18.4 Å². The lowest BCUT2D eigenvalue weighted by molar-refractivity contribution is 0.0119. The fourth-order valence-corrected chi connectivity index (χ4v) is 3.81. The summed E-state index contributed by atoms with van der Waals surface area (Å²) in [5.74, 6) is -2.60. The van der Waals surface area contributed by atoms with Gasteiger partial charge in [-0.2, -0.15) is 5.10 Å². The van der Waals surface area contributed by atoms with Crippen LogP contribution in [0.25, 0.3) is 10.9 Å². The molecule has 4 heterocycles. The van der Waals surface area contributed by atoms with Gasteiger partial charge in [0.2, 0.25) is 0 Å². The molecule has 0 spiro atoms. The third kappa shape index (κ3) is 3.02. The molecule has 0 radical (unpaired) electrons. The minimum atomic E-state index is -2.83. The number of fused-ring (bicyclic) bond motifs is 2. The standard InChI is InChI=1S/C20H18F2N6O/c1-27-15-9-13(25-18-16-12(10-24-18)3-2-7-23-16)4-5-14(15)17(26-27)19(29)28-8-6-20(21,22)11-28/h2-5,7,9H,6,8,10-11H2,1H3,(H,24,25). The summed E-state index contributed by atoms with van der Waals surface area (Å²) >= 11 is 0. The molecule has 0 aliphatic carbocycles. The predicted octanol–water partition coefficient (Wildman–Crippen LogP) is 2.82. The molecule has 7 nitrogen and oxygen atoms in total. The molecule has 0 saturated carbocycles. The van der Waals surface area contributed by atoms with E-state index >= 15 is 0 Å². The van der Waals surface area contributed by atoms with Gasteiger partial charge < -0.3 is 10.2 Å². The summed E-state index contributed by atoms with van der Waals surface area (Å²) in [6.07, 6.45) is 1.42. The molecule has 5 rings (SSSR count). The fraction of sp³-hybridized carbons (Fsp3) is 0.300. The zero-order valence-corrected chi connectivity index (χ0v) is 15.7. The summed E-state index contributed by atoms with van der Waals surface area (Å²) in [4.78, 5) is 22.8. The maximum atomic E-state index is 13.5. The van der Waals surface area contributed by atoms with Gasteiger partial charge in [-0.3, -0.25) is 19.5 Å². The normalized spacial score (nSPS) is 17.5. The first-order valence-electron chi connectivity index (χ1n) is 9.31. The fourth-order valence-electron chi connectivity index (χ4n) is 3.81. The van der Waals surface area contributed by atoms with E-state index in [4.69, 9.17) is 0 Å². The molecule has 0 unspecified atom stereocenters. The maximum absolute atomic E-state index is 13.5. The Labute approximate surface area is 165 Å². The quantitative estimate of drug-likeness (QED) is 0.723. The maximum Gasteiger partial charge on any atom is 0.275 e. The van der Waals surface area contributed by atoms with Crippen molar-refractivity contribution in [3.8, 4) is 0 Å². The molecule has 148 valence electrons. The van der Waals surface area contributed by atoms with Crippen molar-refractivity contribution in [2.24, 2.45) is 12.0 Å². The van der Waals surface area contributed by atoms with E-state index in [1.807, 2.05) is 24.3 Å². The molecule has 2 aromatic heterocycles. The summed E-state index contributed by atoms with van der Waals surface area (Å²) in [5.41, 5.74) is 3.58. The van der Waals surface area contributed by atoms with E-state index in [-0.39, 0.29) is 18.7 Å². The van der Waals surface area contributed by atoms with Gasteiger partial charge in [0.15, 0.2) is 11.5 Å². The van der Waals surface area contributed by atoms with Crippen molar-refractivity contribution in [3.05, 3.63) is 53.5 Å². The number of alkyl halides is 2. The number of halogens is 2. The molecule has 1 fully saturated rings. The summed E-state index contributed by atoms with van der Waals surface area (Å²) < 4.78 is 28.6. The zero-order chi connectivity index (χ0) is 20.2. The van der Waals surface area contributed by atoms with Crippen LogP contribution in [0.2, 0.25) is 0 Å². The first-order valence-corrected chi connectivity index (χ1v) is 9.31. The number of amides is 1. The van der Waals surface area contributed by atoms with Crippen LogP contribution in [0.3, 0.4) is 0 Å². The Hall–Kier alpha value is -3.36. The number of anilines is 1. The summed E-state index contributed by atoms with van der Waals surface area (Å²) in [7, 11) is 1.73. The molecule has 3 aromatic rings. The number of benzene rings is 1. The van der Waals surface area contributed by atoms with Crippen molar-refractivity contribution in [2.75, 3.05) is 18.4 Å². The molecule has 9 heteroatoms. The Morgan fingerprint density at radius 3 is 2.93 bits per heavy atom. The average molecular weight is 396 g/mol. The lowest BCUT2D eigenvalue weighted by Crippen LogP contribution is -2.31. The number of pyridine rings is 1. The number of aryl methyl sites for hydroxylation is 1. The van der Waals surface area contributed by atoms with Crippen molar-refractivity contribution in [2.45, 2.75) is 18.9 Å². The largest absolute Gasteiger partial charge is 0.339 e. The number of amidine groups is 1. The third-order valence-electron chi connectivity index (χ3n) is 5.30. The van der Waals surface area contributed by atoms with Crippen molar-refractivity contribution in [3.63, 3.8) is 0 Å². The van der Waals surface area contributed by atoms with Crippen molar-refractivity contribution in [1.29, 1.82) is 0 Å². The molecule has 1 saturated heterocycles. The lowest BCUT2D eigenvalue weighted by Gasteiger charge is -2.14. The summed E-state index contributed by atoms with van der Waals surface area (Å²) in [5, 5.41) is 8.20. The van der Waals surface area contributed by atoms with Gasteiger partial charge >= 0.3 is 0 Å². The molecule has 0 bridgehead atoms. The Morgan fingerprint density at radius 1 is 1.28 bits per heavy atom. The Morgan fingerprint density at radius 2 is 2.14 bits per heavy atom. The third-order valence-corrected chi connectivity index (χ3v) is 5.30. The van der Waals surface area contributed by atoms with Gasteiger partial charge in [-0.15, -0.1) is 0 Å². The monoisotopic (exact) mass is 396 g/mol. The summed E-state index contributed by atoms with van der Waals surface area (Å²) in [6.45, 7) is 0.0596. The van der Waals surface area contributed by atoms with Crippen LogP contribution in [0, 0.1) is 0 Å². The molecule has 2 aliphatic heterocycles. The van der Waals surface area contributed by atoms with Crippen molar-refractivity contribution in [1.82, 2.24) is 19.7 Å². The van der Waals surface area contributed by atoms with Crippen LogP contribution in [-0.4, -0.2) is 50.4 Å². The number of carbonyl (C=O) groups is 1. The molecule has 1 aromatic carbocycles. The van der Waals surface area contributed by atoms with E-state index in [1.54, 1.807) is 24.0 Å². The number of hydrogen-bond donors (Lipinski definition) is 1. The number of nitrogens with one attached hydrogen (secondary N) is 1. The number of hydrogen-bond acceptors (Lipinski definition) is 5. The molecule has 0 atom stereocenters. The van der Waals surface area contributed by atoms with Gasteiger partial charge in [-0.25, -0.2) is 8.78 Å². The van der Waals surface area contributed by atoms with Crippen LogP contribution < -0.4 is 5.32 Å². The highest BCUT2D eigenvalue weighted by Crippen LogP contribution is 2.30. The van der Waals surface area contributed by atoms with Crippen molar-refractivity contribution < 1.29 is 13.6 Å². The molecule has 1 amide bonds. The van der Waals surface area contributed by atoms with Gasteiger partial charge in [-0.1, -0.05) is 6.07 Å². The van der Waals surface area contributed by atoms with E-state index in [0.717, 1.165) is 22.5 Å². The van der Waals surface area contributed by atoms with Crippen LogP contribution in [0.1, 0.15) is 28.2 Å². The van der Waals surface area contributed by atoms with Crippen molar-refractivity contribution >= 4 is 28.3 Å². The molecule has 1 N–H and O–H groups in total. The zero-order valence-electron chi connectivity index (χ0n) is 15.7. The number of nitrogens with zero attached hydrogens (tertiary/aromatic N) is 5. The smallest absolute Gasteiger partial charge is 0.275 e. The molecule has 29 heavy (non-hydrogen) atoms. The molecular weight excluding hydrogens is 378 g/mol. The highest BCUT2D eigenvalue weighted by molar-refractivity contribution is 6.11. The van der Waals surface area contributed by atoms with Gasteiger partial charge in [0.1, 0.15) is 5.69 Å². The summed E-state index contributed by atoms with van der Waals surface area (Å²) in [6, 6.07) is 9.34. The molecule has 2 aliphatic rings. The predicted molar refractivity (Wildman–Crippen MR) is 104 cm³/mol. The van der Waals surface area contributed by atoms with E-state index in [0.29, 0.717) is 17.8 Å². The number of likely N-dealkylation sites (tertiary alicyclic amines) is 1. The second-order valence-electron chi connectivity index (χ2n) is 7.34. The Bertz CT molecular complexity index is 1170. The minimum Gasteiger partial charge on any atom is -0.339 e. The van der Waals surface area contributed by atoms with Crippen LogP contribution in [0.5, 0.6) is 0 Å². The number of carbonyl (C=O) groups excluding carboxylic acids is 1.